The highest BCUT2D eigenvalue weighted by Gasteiger charge is 2.23. The third-order valence-electron chi connectivity index (χ3n) is 1.73. The molecule has 3 N–H and O–H groups in total. The van der Waals surface area contributed by atoms with Gasteiger partial charge in [0.1, 0.15) is 0 Å². The molecule has 2 nitrogen and oxygen atoms in total. The lowest BCUT2D eigenvalue weighted by atomic mass is 10.1. The Balaban J connectivity index is 3.17. The van der Waals surface area contributed by atoms with Crippen LogP contribution in [0.1, 0.15) is 11.6 Å². The molecule has 0 aliphatic heterocycles. The van der Waals surface area contributed by atoms with Crippen molar-refractivity contribution in [1.82, 2.24) is 0 Å². The molecule has 78 valence electrons. The van der Waals surface area contributed by atoms with E-state index in [1.165, 1.54) is 0 Å². The normalized spacial score (nSPS) is 13.3. The fourth-order valence-corrected chi connectivity index (χ4v) is 1.11. The molecule has 1 aromatic carbocycles. The minimum Gasteiger partial charge on any atom is -0.505 e. The van der Waals surface area contributed by atoms with Gasteiger partial charge in [-0.25, -0.2) is 13.2 Å². The van der Waals surface area contributed by atoms with Gasteiger partial charge in [-0.15, -0.1) is 0 Å². The summed E-state index contributed by atoms with van der Waals surface area (Å²) in [6.07, 6.45) is -2.87. The Morgan fingerprint density at radius 1 is 1.36 bits per heavy atom. The SMILES string of the molecule is N[C@@H](c1ccc(Cl)c(F)c1O)C(F)F. The van der Waals surface area contributed by atoms with Crippen molar-refractivity contribution in [3.63, 3.8) is 0 Å². The van der Waals surface area contributed by atoms with Gasteiger partial charge >= 0.3 is 0 Å². The van der Waals surface area contributed by atoms with Crippen molar-refractivity contribution in [3.8, 4) is 5.75 Å². The van der Waals surface area contributed by atoms with Crippen LogP contribution in [0.2, 0.25) is 5.02 Å². The molecule has 0 aliphatic rings. The number of phenolic OH excluding ortho intramolecular Hbond substituents is 1. The van der Waals surface area contributed by atoms with E-state index >= 15 is 0 Å². The fourth-order valence-electron chi connectivity index (χ4n) is 0.960. The van der Waals surface area contributed by atoms with Gasteiger partial charge in [0.05, 0.1) is 11.1 Å². The largest absolute Gasteiger partial charge is 0.505 e. The Bertz CT molecular complexity index is 346. The van der Waals surface area contributed by atoms with E-state index in [4.69, 9.17) is 22.4 Å². The molecule has 0 bridgehead atoms. The molecule has 1 atom stereocenters. The predicted molar refractivity (Wildman–Crippen MR) is 46.0 cm³/mol. The Labute approximate surface area is 83.1 Å². The number of rotatable bonds is 2. The van der Waals surface area contributed by atoms with E-state index in [9.17, 15) is 13.2 Å². The van der Waals surface area contributed by atoms with E-state index in [2.05, 4.69) is 0 Å². The minimum atomic E-state index is -2.87. The van der Waals surface area contributed by atoms with E-state index in [0.717, 1.165) is 12.1 Å². The number of phenols is 1. The fraction of sp³-hybridized carbons (Fsp3) is 0.250. The van der Waals surface area contributed by atoms with Crippen LogP contribution < -0.4 is 5.73 Å². The van der Waals surface area contributed by atoms with Crippen molar-refractivity contribution >= 4 is 11.6 Å². The second-order valence-electron chi connectivity index (χ2n) is 2.66. The van der Waals surface area contributed by atoms with Gasteiger partial charge in [0, 0.05) is 5.56 Å². The Morgan fingerprint density at radius 2 is 1.93 bits per heavy atom. The van der Waals surface area contributed by atoms with Gasteiger partial charge in [-0.1, -0.05) is 17.7 Å². The first-order chi connectivity index (χ1) is 6.45. The topological polar surface area (TPSA) is 46.2 Å². The van der Waals surface area contributed by atoms with Crippen LogP contribution in [0.25, 0.3) is 0 Å². The maximum atomic E-state index is 12.9. The number of hydrogen-bond acceptors (Lipinski definition) is 2. The summed E-state index contributed by atoms with van der Waals surface area (Å²) in [7, 11) is 0. The summed E-state index contributed by atoms with van der Waals surface area (Å²) in [5, 5.41) is 8.78. The van der Waals surface area contributed by atoms with Gasteiger partial charge in [0.25, 0.3) is 6.43 Å². The van der Waals surface area contributed by atoms with Crippen LogP contribution in [0, 0.1) is 5.82 Å². The number of aromatic hydroxyl groups is 1. The van der Waals surface area contributed by atoms with Crippen LogP contribution in [-0.4, -0.2) is 11.5 Å². The van der Waals surface area contributed by atoms with Crippen molar-refractivity contribution in [1.29, 1.82) is 0 Å². The number of nitrogens with two attached hydrogens (primary N) is 1. The maximum absolute atomic E-state index is 12.9. The number of alkyl halides is 2. The van der Waals surface area contributed by atoms with Crippen LogP contribution >= 0.6 is 11.6 Å². The molecule has 0 fully saturated rings. The van der Waals surface area contributed by atoms with E-state index in [1.807, 2.05) is 0 Å². The monoisotopic (exact) mass is 225 g/mol. The van der Waals surface area contributed by atoms with Gasteiger partial charge in [-0.05, 0) is 6.07 Å². The molecular weight excluding hydrogens is 219 g/mol. The molecule has 0 spiro atoms. The Morgan fingerprint density at radius 3 is 2.43 bits per heavy atom. The van der Waals surface area contributed by atoms with Crippen molar-refractivity contribution in [3.05, 3.63) is 28.5 Å². The first kappa shape index (κ1) is 11.1. The van der Waals surface area contributed by atoms with Crippen molar-refractivity contribution in [2.45, 2.75) is 12.5 Å². The minimum absolute atomic E-state index is 0.340. The molecule has 0 saturated carbocycles. The molecule has 1 rings (SSSR count). The highest BCUT2D eigenvalue weighted by molar-refractivity contribution is 6.30. The molecule has 0 unspecified atom stereocenters. The zero-order chi connectivity index (χ0) is 10.9. The molecule has 0 heterocycles. The molecule has 0 aromatic heterocycles. The molecule has 0 aliphatic carbocycles. The van der Waals surface area contributed by atoms with Gasteiger partial charge in [-0.2, -0.15) is 0 Å². The second-order valence-corrected chi connectivity index (χ2v) is 3.07. The molecule has 0 amide bonds. The molecule has 14 heavy (non-hydrogen) atoms. The molecular formula is C8H7ClF3NO. The van der Waals surface area contributed by atoms with Gasteiger partial charge in [-0.3, -0.25) is 0 Å². The Kier molecular flexibility index (Phi) is 3.23. The number of hydrogen-bond donors (Lipinski definition) is 2. The van der Waals surface area contributed by atoms with E-state index < -0.39 is 24.0 Å². The summed E-state index contributed by atoms with van der Waals surface area (Å²) < 4.78 is 37.2. The van der Waals surface area contributed by atoms with Crippen LogP contribution in [0.3, 0.4) is 0 Å². The third kappa shape index (κ3) is 1.93. The van der Waals surface area contributed by atoms with Crippen LogP contribution in [0.4, 0.5) is 13.2 Å². The molecule has 0 saturated heterocycles. The second kappa shape index (κ2) is 4.06. The maximum Gasteiger partial charge on any atom is 0.257 e. The quantitative estimate of drug-likeness (QED) is 0.812. The smallest absolute Gasteiger partial charge is 0.257 e. The van der Waals surface area contributed by atoms with Crippen LogP contribution in [0.5, 0.6) is 5.75 Å². The van der Waals surface area contributed by atoms with E-state index in [0.29, 0.717) is 0 Å². The Hall–Kier alpha value is -0.940. The third-order valence-corrected chi connectivity index (χ3v) is 2.02. The first-order valence-electron chi connectivity index (χ1n) is 3.65. The van der Waals surface area contributed by atoms with E-state index in [1.54, 1.807) is 0 Å². The number of benzene rings is 1. The van der Waals surface area contributed by atoms with Crippen LogP contribution in [-0.2, 0) is 0 Å². The standard InChI is InChI=1S/C8H7ClF3NO/c9-4-2-1-3(6(13)8(11)12)7(14)5(4)10/h1-2,6,8,14H,13H2/t6-/m0/s1. The average Bonchev–Trinajstić information content (AvgIpc) is 2.13. The highest BCUT2D eigenvalue weighted by atomic mass is 35.5. The lowest BCUT2D eigenvalue weighted by molar-refractivity contribution is 0.115. The van der Waals surface area contributed by atoms with Crippen molar-refractivity contribution < 1.29 is 18.3 Å². The first-order valence-corrected chi connectivity index (χ1v) is 4.03. The lowest BCUT2D eigenvalue weighted by Crippen LogP contribution is -2.19. The summed E-state index contributed by atoms with van der Waals surface area (Å²) >= 11 is 5.31. The zero-order valence-electron chi connectivity index (χ0n) is 6.85. The van der Waals surface area contributed by atoms with Gasteiger partial charge in [0.15, 0.2) is 11.6 Å². The summed E-state index contributed by atoms with van der Waals surface area (Å²) in [5.74, 6) is -2.06. The summed E-state index contributed by atoms with van der Waals surface area (Å²) in [4.78, 5) is 0. The van der Waals surface area contributed by atoms with Crippen LogP contribution in [0.15, 0.2) is 12.1 Å². The van der Waals surface area contributed by atoms with Crippen molar-refractivity contribution in [2.24, 2.45) is 5.73 Å². The molecule has 6 heteroatoms. The van der Waals surface area contributed by atoms with Gasteiger partial charge < -0.3 is 10.8 Å². The predicted octanol–water partition coefficient (Wildman–Crippen LogP) is 2.45. The highest BCUT2D eigenvalue weighted by Crippen LogP contribution is 2.32. The van der Waals surface area contributed by atoms with Crippen molar-refractivity contribution in [2.75, 3.05) is 0 Å². The zero-order valence-corrected chi connectivity index (χ0v) is 7.60. The summed E-state index contributed by atoms with van der Waals surface area (Å²) in [6.45, 7) is 0. The lowest BCUT2D eigenvalue weighted by Gasteiger charge is -2.13. The summed E-state index contributed by atoms with van der Waals surface area (Å²) in [5.41, 5.74) is 4.68. The molecule has 0 radical (unpaired) electrons. The average molecular weight is 226 g/mol. The van der Waals surface area contributed by atoms with Gasteiger partial charge in [0.2, 0.25) is 0 Å². The summed E-state index contributed by atoms with van der Waals surface area (Å²) in [6, 6.07) is 0.410. The molecule has 1 aromatic rings. The number of halogens is 4. The van der Waals surface area contributed by atoms with E-state index in [-0.39, 0.29) is 10.6 Å².